The van der Waals surface area contributed by atoms with Crippen LogP contribution in [0.1, 0.15) is 16.8 Å². The summed E-state index contributed by atoms with van der Waals surface area (Å²) in [6, 6.07) is 3.04. The zero-order valence-electron chi connectivity index (χ0n) is 13.4. The van der Waals surface area contributed by atoms with E-state index in [-0.39, 0.29) is 17.0 Å². The fraction of sp³-hybridized carbons (Fsp3) is 0.143. The number of pyridine rings is 1. The molecular weight excluding hydrogens is 366 g/mol. The molecule has 0 saturated heterocycles. The molecule has 1 heterocycles. The van der Waals surface area contributed by atoms with Gasteiger partial charge in [0.25, 0.3) is 5.69 Å². The lowest BCUT2D eigenvalue weighted by molar-refractivity contribution is -0.384. The molecule has 138 valence electrons. The van der Waals surface area contributed by atoms with Crippen LogP contribution in [0.3, 0.4) is 0 Å². The van der Waals surface area contributed by atoms with Gasteiger partial charge in [-0.15, -0.1) is 0 Å². The van der Waals surface area contributed by atoms with Crippen molar-refractivity contribution in [2.75, 3.05) is 5.43 Å². The number of nitro benzene ring substituents is 1. The van der Waals surface area contributed by atoms with E-state index in [0.717, 1.165) is 24.4 Å². The maximum Gasteiger partial charge on any atom is 0.295 e. The third-order valence-corrected chi connectivity index (χ3v) is 4.31. The first-order valence-electron chi connectivity index (χ1n) is 7.03. The number of hydrogen-bond acceptors (Lipinski definition) is 9. The molecule has 2 aromatic rings. The van der Waals surface area contributed by atoms with Gasteiger partial charge in [0.2, 0.25) is 10.0 Å². The maximum absolute atomic E-state index is 11.3. The summed E-state index contributed by atoms with van der Waals surface area (Å²) >= 11 is 0. The zero-order chi connectivity index (χ0) is 19.5. The lowest BCUT2D eigenvalue weighted by atomic mass is 10.1. The molecule has 5 N–H and O–H groups in total. The van der Waals surface area contributed by atoms with Crippen molar-refractivity contribution in [2.45, 2.75) is 18.4 Å². The molecule has 0 bridgehead atoms. The Bertz CT molecular complexity index is 990. The molecule has 12 heteroatoms. The maximum atomic E-state index is 11.3. The van der Waals surface area contributed by atoms with E-state index in [4.69, 9.17) is 5.14 Å². The largest absolute Gasteiger partial charge is 0.505 e. The van der Waals surface area contributed by atoms with Gasteiger partial charge in [0.05, 0.1) is 28.3 Å². The molecular formula is C14H15N5O6S. The third kappa shape index (κ3) is 4.11. The number of rotatable bonds is 6. The second-order valence-electron chi connectivity index (χ2n) is 5.14. The van der Waals surface area contributed by atoms with Crippen molar-refractivity contribution in [1.29, 1.82) is 0 Å². The molecule has 0 aliphatic carbocycles. The summed E-state index contributed by atoms with van der Waals surface area (Å²) in [5.41, 5.74) is 2.57. The number of benzene rings is 1. The fourth-order valence-electron chi connectivity index (χ4n) is 2.02. The Hall–Kier alpha value is -3.09. The van der Waals surface area contributed by atoms with Gasteiger partial charge in [-0.25, -0.2) is 13.6 Å². The Kier molecular flexibility index (Phi) is 5.50. The standard InChI is InChI=1S/C14H15N5O6S/c1-8-14(21)11(9(7-20)5-16-8)6-17-18-12-3-2-10(26(15,24)25)4-13(12)19(22)23/h2-6,18,20-21H,7H2,1H3,(H2,15,24,25). The average Bonchev–Trinajstić information content (AvgIpc) is 2.57. The fourth-order valence-corrected chi connectivity index (χ4v) is 2.56. The molecule has 0 radical (unpaired) electrons. The summed E-state index contributed by atoms with van der Waals surface area (Å²) in [5, 5.41) is 39.2. The van der Waals surface area contributed by atoms with Crippen molar-refractivity contribution in [3.63, 3.8) is 0 Å². The molecule has 0 spiro atoms. The van der Waals surface area contributed by atoms with Crippen molar-refractivity contribution in [1.82, 2.24) is 4.98 Å². The van der Waals surface area contributed by atoms with Gasteiger partial charge in [-0.1, -0.05) is 0 Å². The van der Waals surface area contributed by atoms with Crippen molar-refractivity contribution in [3.05, 3.63) is 51.3 Å². The van der Waals surface area contributed by atoms with Crippen LogP contribution in [0.5, 0.6) is 5.75 Å². The molecule has 1 aromatic heterocycles. The summed E-state index contributed by atoms with van der Waals surface area (Å²) in [7, 11) is -4.10. The number of nitrogens with zero attached hydrogens (tertiary/aromatic N) is 3. The Morgan fingerprint density at radius 1 is 1.46 bits per heavy atom. The molecule has 11 nitrogen and oxygen atoms in total. The Morgan fingerprint density at radius 3 is 2.73 bits per heavy atom. The quantitative estimate of drug-likeness (QED) is 0.318. The molecule has 1 aromatic carbocycles. The highest BCUT2D eigenvalue weighted by Gasteiger charge is 2.19. The molecule has 0 unspecified atom stereocenters. The van der Waals surface area contributed by atoms with Crippen LogP contribution in [0, 0.1) is 17.0 Å². The van der Waals surface area contributed by atoms with Gasteiger partial charge in [0.15, 0.2) is 0 Å². The van der Waals surface area contributed by atoms with Crippen LogP contribution in [0.4, 0.5) is 11.4 Å². The summed E-state index contributed by atoms with van der Waals surface area (Å²) in [5.74, 6) is -0.193. The molecule has 0 atom stereocenters. The van der Waals surface area contributed by atoms with E-state index in [9.17, 15) is 28.7 Å². The number of aryl methyl sites for hydroxylation is 1. The van der Waals surface area contributed by atoms with E-state index in [1.54, 1.807) is 6.92 Å². The highest BCUT2D eigenvalue weighted by Crippen LogP contribution is 2.27. The number of nitrogens with one attached hydrogen (secondary N) is 1. The third-order valence-electron chi connectivity index (χ3n) is 3.40. The number of primary sulfonamides is 1. The van der Waals surface area contributed by atoms with Gasteiger partial charge < -0.3 is 10.2 Å². The van der Waals surface area contributed by atoms with E-state index < -0.39 is 32.1 Å². The van der Waals surface area contributed by atoms with Crippen molar-refractivity contribution < 1.29 is 23.6 Å². The number of sulfonamides is 1. The topological polar surface area (TPSA) is 181 Å². The number of hydrogen-bond donors (Lipinski definition) is 4. The van der Waals surface area contributed by atoms with Crippen molar-refractivity contribution in [2.24, 2.45) is 10.2 Å². The smallest absolute Gasteiger partial charge is 0.295 e. The van der Waals surface area contributed by atoms with Gasteiger partial charge in [-0.3, -0.25) is 20.5 Å². The van der Waals surface area contributed by atoms with E-state index in [1.165, 1.54) is 6.20 Å². The van der Waals surface area contributed by atoms with Crippen LogP contribution >= 0.6 is 0 Å². The number of aromatic nitrogens is 1. The zero-order valence-corrected chi connectivity index (χ0v) is 14.3. The number of aromatic hydroxyl groups is 1. The number of nitro groups is 1. The number of hydrazone groups is 1. The van der Waals surface area contributed by atoms with Gasteiger partial charge in [-0.05, 0) is 19.1 Å². The van der Waals surface area contributed by atoms with Crippen LogP contribution in [0.25, 0.3) is 0 Å². The molecule has 0 aliphatic rings. The summed E-state index contributed by atoms with van der Waals surface area (Å²) in [6.45, 7) is 1.16. The van der Waals surface area contributed by atoms with Crippen molar-refractivity contribution >= 4 is 27.6 Å². The van der Waals surface area contributed by atoms with Gasteiger partial charge in [0, 0.05) is 23.4 Å². The highest BCUT2D eigenvalue weighted by atomic mass is 32.2. The first-order chi connectivity index (χ1) is 12.1. The lowest BCUT2D eigenvalue weighted by Crippen LogP contribution is -2.12. The van der Waals surface area contributed by atoms with Crippen LogP contribution in [-0.2, 0) is 16.6 Å². The Morgan fingerprint density at radius 2 is 2.15 bits per heavy atom. The van der Waals surface area contributed by atoms with Crippen LogP contribution in [-0.4, -0.2) is 34.8 Å². The number of nitrogens with two attached hydrogens (primary N) is 1. The SMILES string of the molecule is Cc1ncc(CO)c(C=NNc2ccc(S(N)(=O)=O)cc2[N+](=O)[O-])c1O. The highest BCUT2D eigenvalue weighted by molar-refractivity contribution is 7.89. The molecule has 2 rings (SSSR count). The predicted octanol–water partition coefficient (Wildman–Crippen LogP) is 0.590. The predicted molar refractivity (Wildman–Crippen MR) is 92.2 cm³/mol. The van der Waals surface area contributed by atoms with E-state index in [1.807, 2.05) is 0 Å². The number of anilines is 1. The Balaban J connectivity index is 2.37. The minimum absolute atomic E-state index is 0.0885. The first-order valence-corrected chi connectivity index (χ1v) is 8.58. The molecule has 0 amide bonds. The normalized spacial score (nSPS) is 11.7. The molecule has 0 fully saturated rings. The second kappa shape index (κ2) is 7.43. The first kappa shape index (κ1) is 19.2. The van der Waals surface area contributed by atoms with Crippen LogP contribution in [0.15, 0.2) is 34.4 Å². The van der Waals surface area contributed by atoms with Gasteiger partial charge >= 0.3 is 0 Å². The number of aliphatic hydroxyl groups excluding tert-OH is 1. The molecule has 0 saturated carbocycles. The Labute approximate surface area is 148 Å². The number of aliphatic hydroxyl groups is 1. The van der Waals surface area contributed by atoms with Crippen molar-refractivity contribution in [3.8, 4) is 5.75 Å². The molecule has 26 heavy (non-hydrogen) atoms. The lowest BCUT2D eigenvalue weighted by Gasteiger charge is -2.07. The summed E-state index contributed by atoms with van der Waals surface area (Å²) in [4.78, 5) is 13.8. The minimum atomic E-state index is -4.10. The monoisotopic (exact) mass is 381 g/mol. The molecule has 0 aliphatic heterocycles. The summed E-state index contributed by atoms with van der Waals surface area (Å²) < 4.78 is 22.6. The minimum Gasteiger partial charge on any atom is -0.505 e. The average molecular weight is 381 g/mol. The van der Waals surface area contributed by atoms with Gasteiger partial charge in [0.1, 0.15) is 11.4 Å². The van der Waals surface area contributed by atoms with Crippen LogP contribution < -0.4 is 10.6 Å². The second-order valence-corrected chi connectivity index (χ2v) is 6.70. The summed E-state index contributed by atoms with van der Waals surface area (Å²) in [6.07, 6.45) is 2.52. The van der Waals surface area contributed by atoms with E-state index in [2.05, 4.69) is 15.5 Å². The van der Waals surface area contributed by atoms with E-state index >= 15 is 0 Å². The van der Waals surface area contributed by atoms with Crippen LogP contribution in [0.2, 0.25) is 0 Å². The van der Waals surface area contributed by atoms with Gasteiger partial charge in [-0.2, -0.15) is 5.10 Å². The van der Waals surface area contributed by atoms with E-state index in [0.29, 0.717) is 11.3 Å².